The Hall–Kier alpha value is -3.42. The van der Waals surface area contributed by atoms with E-state index in [1.54, 1.807) is 18.9 Å². The van der Waals surface area contributed by atoms with Crippen molar-refractivity contribution in [2.75, 3.05) is 13.7 Å². The molecule has 31 heavy (non-hydrogen) atoms. The van der Waals surface area contributed by atoms with Gasteiger partial charge < -0.3 is 15.0 Å². The van der Waals surface area contributed by atoms with E-state index in [2.05, 4.69) is 5.32 Å². The van der Waals surface area contributed by atoms with Gasteiger partial charge in [-0.25, -0.2) is 0 Å². The molecule has 0 aromatic heterocycles. The summed E-state index contributed by atoms with van der Waals surface area (Å²) >= 11 is 0. The second-order valence-electron chi connectivity index (χ2n) is 7.89. The van der Waals surface area contributed by atoms with Crippen LogP contribution in [0.5, 0.6) is 5.75 Å². The number of nitro groups is 1. The molecule has 1 fully saturated rings. The number of nitro benzene ring substituents is 1. The van der Waals surface area contributed by atoms with Crippen LogP contribution in [0.15, 0.2) is 36.4 Å². The van der Waals surface area contributed by atoms with Gasteiger partial charge in [0.25, 0.3) is 11.6 Å². The number of aryl methyl sites for hydroxylation is 2. The molecular formula is C23H27N3O5. The number of carbonyl (C=O) groups excluding carboxylic acids is 2. The summed E-state index contributed by atoms with van der Waals surface area (Å²) in [5, 5.41) is 14.0. The fourth-order valence-electron chi connectivity index (χ4n) is 4.02. The molecule has 8 nitrogen and oxygen atoms in total. The molecule has 164 valence electrons. The zero-order valence-electron chi connectivity index (χ0n) is 18.2. The molecule has 0 bridgehead atoms. The number of amides is 2. The van der Waals surface area contributed by atoms with Crippen molar-refractivity contribution >= 4 is 17.5 Å². The Labute approximate surface area is 181 Å². The zero-order chi connectivity index (χ0) is 22.7. The molecule has 2 atom stereocenters. The fraction of sp³-hybridized carbons (Fsp3) is 0.391. The smallest absolute Gasteiger partial charge is 0.272 e. The van der Waals surface area contributed by atoms with Crippen molar-refractivity contribution in [3.05, 3.63) is 68.8 Å². The minimum atomic E-state index is -0.582. The molecule has 8 heteroatoms. The summed E-state index contributed by atoms with van der Waals surface area (Å²) in [6.45, 7) is 5.92. The van der Waals surface area contributed by atoms with Crippen LogP contribution >= 0.6 is 0 Å². The van der Waals surface area contributed by atoms with Gasteiger partial charge in [-0.1, -0.05) is 17.7 Å². The Bertz CT molecular complexity index is 1020. The molecule has 1 aliphatic rings. The van der Waals surface area contributed by atoms with Crippen LogP contribution in [0.1, 0.15) is 52.9 Å². The van der Waals surface area contributed by atoms with Gasteiger partial charge in [0, 0.05) is 29.3 Å². The highest BCUT2D eigenvalue weighted by molar-refractivity contribution is 5.98. The van der Waals surface area contributed by atoms with E-state index in [0.717, 1.165) is 17.5 Å². The lowest BCUT2D eigenvalue weighted by atomic mass is 10.0. The number of nitrogens with one attached hydrogen (secondary N) is 1. The van der Waals surface area contributed by atoms with Crippen molar-refractivity contribution in [1.29, 1.82) is 0 Å². The normalized spacial score (nSPS) is 16.6. The molecular weight excluding hydrogens is 398 g/mol. The van der Waals surface area contributed by atoms with Crippen molar-refractivity contribution < 1.29 is 19.2 Å². The third-order valence-corrected chi connectivity index (χ3v) is 5.67. The Balaban J connectivity index is 1.76. The Morgan fingerprint density at radius 3 is 2.61 bits per heavy atom. The first-order valence-corrected chi connectivity index (χ1v) is 10.2. The van der Waals surface area contributed by atoms with Crippen molar-refractivity contribution in [2.45, 2.75) is 45.7 Å². The number of benzene rings is 2. The summed E-state index contributed by atoms with van der Waals surface area (Å²) < 4.78 is 5.42. The van der Waals surface area contributed by atoms with Crippen molar-refractivity contribution in [3.8, 4) is 5.75 Å². The summed E-state index contributed by atoms with van der Waals surface area (Å²) in [6, 6.07) is 9.20. The standard InChI is InChI=1S/C23H27N3O5/c1-14-7-10-21(31-4)18(12-14)16(3)24-22(27)20-6-5-11-25(20)23(28)17-8-9-19(26(29)30)15(2)13-17/h7-10,12-13,16,20H,5-6,11H2,1-4H3,(H,24,27). The molecule has 0 saturated carbocycles. The lowest BCUT2D eigenvalue weighted by molar-refractivity contribution is -0.385. The van der Waals surface area contributed by atoms with Gasteiger partial charge in [-0.3, -0.25) is 19.7 Å². The van der Waals surface area contributed by atoms with Crippen LogP contribution in [0.3, 0.4) is 0 Å². The van der Waals surface area contributed by atoms with Gasteiger partial charge in [-0.15, -0.1) is 0 Å². The van der Waals surface area contributed by atoms with E-state index in [-0.39, 0.29) is 23.5 Å². The molecule has 1 aliphatic heterocycles. The second kappa shape index (κ2) is 9.16. The first-order chi connectivity index (χ1) is 14.7. The van der Waals surface area contributed by atoms with Crippen LogP contribution in [0.2, 0.25) is 0 Å². The van der Waals surface area contributed by atoms with Crippen molar-refractivity contribution in [3.63, 3.8) is 0 Å². The number of hydrogen-bond donors (Lipinski definition) is 1. The maximum Gasteiger partial charge on any atom is 0.272 e. The molecule has 3 rings (SSSR count). The van der Waals surface area contributed by atoms with Gasteiger partial charge in [0.1, 0.15) is 11.8 Å². The zero-order valence-corrected chi connectivity index (χ0v) is 18.2. The van der Waals surface area contributed by atoms with Gasteiger partial charge in [0.05, 0.1) is 18.1 Å². The fourth-order valence-corrected chi connectivity index (χ4v) is 4.02. The summed E-state index contributed by atoms with van der Waals surface area (Å²) in [6.07, 6.45) is 1.29. The minimum absolute atomic E-state index is 0.0341. The highest BCUT2D eigenvalue weighted by atomic mass is 16.6. The van der Waals surface area contributed by atoms with E-state index in [4.69, 9.17) is 4.74 Å². The molecule has 0 spiro atoms. The summed E-state index contributed by atoms with van der Waals surface area (Å²) in [7, 11) is 1.59. The molecule has 0 aliphatic carbocycles. The molecule has 2 amide bonds. The highest BCUT2D eigenvalue weighted by Gasteiger charge is 2.35. The van der Waals surface area contributed by atoms with Gasteiger partial charge in [0.2, 0.25) is 5.91 Å². The van der Waals surface area contributed by atoms with Gasteiger partial charge >= 0.3 is 0 Å². The largest absolute Gasteiger partial charge is 0.496 e. The van der Waals surface area contributed by atoms with Crippen LogP contribution < -0.4 is 10.1 Å². The van der Waals surface area contributed by atoms with Gasteiger partial charge in [-0.05, 0) is 51.8 Å². The quantitative estimate of drug-likeness (QED) is 0.562. The maximum atomic E-state index is 13.1. The lowest BCUT2D eigenvalue weighted by Gasteiger charge is -2.26. The minimum Gasteiger partial charge on any atom is -0.496 e. The number of carbonyl (C=O) groups is 2. The summed E-state index contributed by atoms with van der Waals surface area (Å²) in [5.74, 6) is 0.177. The number of methoxy groups -OCH3 is 1. The van der Waals surface area contributed by atoms with Gasteiger partial charge in [0.15, 0.2) is 0 Å². The number of rotatable bonds is 6. The average Bonchev–Trinajstić information content (AvgIpc) is 3.22. The van der Waals surface area contributed by atoms with Crippen LogP contribution in [0.4, 0.5) is 5.69 Å². The Morgan fingerprint density at radius 2 is 1.97 bits per heavy atom. The van der Waals surface area contributed by atoms with E-state index in [1.165, 1.54) is 18.2 Å². The van der Waals surface area contributed by atoms with Gasteiger partial charge in [-0.2, -0.15) is 0 Å². The molecule has 1 N–H and O–H groups in total. The molecule has 2 aromatic rings. The third-order valence-electron chi connectivity index (χ3n) is 5.67. The lowest BCUT2D eigenvalue weighted by Crippen LogP contribution is -2.46. The van der Waals surface area contributed by atoms with Crippen LogP contribution in [-0.2, 0) is 4.79 Å². The monoisotopic (exact) mass is 425 g/mol. The number of hydrogen-bond acceptors (Lipinski definition) is 5. The van der Waals surface area contributed by atoms with Crippen LogP contribution in [-0.4, -0.2) is 41.3 Å². The molecule has 2 unspecified atom stereocenters. The average molecular weight is 425 g/mol. The predicted molar refractivity (Wildman–Crippen MR) is 116 cm³/mol. The number of ether oxygens (including phenoxy) is 1. The molecule has 1 saturated heterocycles. The third kappa shape index (κ3) is 4.68. The van der Waals surface area contributed by atoms with Crippen LogP contribution in [0.25, 0.3) is 0 Å². The Morgan fingerprint density at radius 1 is 1.23 bits per heavy atom. The maximum absolute atomic E-state index is 13.1. The van der Waals surface area contributed by atoms with E-state index in [9.17, 15) is 19.7 Å². The molecule has 0 radical (unpaired) electrons. The predicted octanol–water partition coefficient (Wildman–Crippen LogP) is 3.70. The SMILES string of the molecule is COc1ccc(C)cc1C(C)NC(=O)C1CCCN1C(=O)c1ccc([N+](=O)[O-])c(C)c1. The summed E-state index contributed by atoms with van der Waals surface area (Å²) in [4.78, 5) is 38.2. The van der Waals surface area contributed by atoms with E-state index < -0.39 is 11.0 Å². The van der Waals surface area contributed by atoms with E-state index >= 15 is 0 Å². The Kier molecular flexibility index (Phi) is 6.58. The van der Waals surface area contributed by atoms with E-state index in [1.807, 2.05) is 32.0 Å². The van der Waals surface area contributed by atoms with Crippen LogP contribution in [0, 0.1) is 24.0 Å². The highest BCUT2D eigenvalue weighted by Crippen LogP contribution is 2.28. The summed E-state index contributed by atoms with van der Waals surface area (Å²) in [5.41, 5.74) is 2.65. The topological polar surface area (TPSA) is 102 Å². The molecule has 2 aromatic carbocycles. The number of nitrogens with zero attached hydrogens (tertiary/aromatic N) is 2. The second-order valence-corrected chi connectivity index (χ2v) is 7.89. The van der Waals surface area contributed by atoms with Crippen molar-refractivity contribution in [2.24, 2.45) is 0 Å². The van der Waals surface area contributed by atoms with E-state index in [0.29, 0.717) is 29.8 Å². The number of likely N-dealkylation sites (tertiary alicyclic amines) is 1. The first kappa shape index (κ1) is 22.3. The first-order valence-electron chi connectivity index (χ1n) is 10.2. The van der Waals surface area contributed by atoms with Crippen molar-refractivity contribution in [1.82, 2.24) is 10.2 Å². The molecule has 1 heterocycles.